The van der Waals surface area contributed by atoms with Crippen molar-refractivity contribution >= 4 is 60.2 Å². The number of rotatable bonds is 15. The van der Waals surface area contributed by atoms with Gasteiger partial charge in [0, 0.05) is 18.5 Å². The summed E-state index contributed by atoms with van der Waals surface area (Å²) in [6.45, 7) is 15.0. The second kappa shape index (κ2) is 17.2. The zero-order valence-corrected chi connectivity index (χ0v) is 35.6. The van der Waals surface area contributed by atoms with E-state index in [1.807, 2.05) is 110 Å². The fourth-order valence-electron chi connectivity index (χ4n) is 7.49. The minimum Gasteiger partial charge on any atom is -0.448 e. The highest BCUT2D eigenvalue weighted by Crippen LogP contribution is 2.48. The molecule has 0 N–H and O–H groups in total. The van der Waals surface area contributed by atoms with Crippen molar-refractivity contribution in [2.45, 2.75) is 77.4 Å². The van der Waals surface area contributed by atoms with Gasteiger partial charge in [-0.05, 0) is 59.8 Å². The summed E-state index contributed by atoms with van der Waals surface area (Å²) in [5, 5.41) is 4.34. The number of carbonyl (C=O) groups excluding carboxylic acids is 4. The highest BCUT2D eigenvalue weighted by Gasteiger charge is 2.55. The van der Waals surface area contributed by atoms with Gasteiger partial charge >= 0.3 is 12.1 Å². The largest absolute Gasteiger partial charge is 0.448 e. The first-order valence-electron chi connectivity index (χ1n) is 19.5. The molecule has 2 amide bonds. The predicted octanol–water partition coefficient (Wildman–Crippen LogP) is 7.65. The molecule has 0 saturated carbocycles. The number of ketones is 1. The van der Waals surface area contributed by atoms with Crippen molar-refractivity contribution in [1.82, 2.24) is 9.96 Å². The summed E-state index contributed by atoms with van der Waals surface area (Å²) in [6.07, 6.45) is 0.929. The lowest BCUT2D eigenvalue weighted by molar-refractivity contribution is -0.240. The third kappa shape index (κ3) is 8.49. The van der Waals surface area contributed by atoms with Gasteiger partial charge in [0.1, 0.15) is 6.61 Å². The zero-order valence-electron chi connectivity index (χ0n) is 33.7. The molecule has 4 aromatic carbocycles. The number of cyclic esters (lactones) is 1. The van der Waals surface area contributed by atoms with E-state index in [2.05, 4.69) is 40.4 Å². The van der Waals surface area contributed by atoms with E-state index in [4.69, 9.17) is 14.0 Å². The smallest absolute Gasteiger partial charge is 0.410 e. The molecule has 2 aliphatic heterocycles. The minimum absolute atomic E-state index is 0.0835. The van der Waals surface area contributed by atoms with Crippen LogP contribution in [0.2, 0.25) is 18.1 Å². The van der Waals surface area contributed by atoms with E-state index in [0.29, 0.717) is 30.6 Å². The number of allylic oxidation sites excluding steroid dienone is 1. The van der Waals surface area contributed by atoms with Crippen molar-refractivity contribution in [1.29, 1.82) is 0 Å². The summed E-state index contributed by atoms with van der Waals surface area (Å²) < 4.78 is 11.8. The molecule has 11 heteroatoms. The minimum atomic E-state index is -2.88. The SMILES string of the molecule is C=CCC(C(=O)ON1C(=O)[C@H]([C@@H](C)O[Si](C)(C)C(C)(C)C)[C@H]1CC(=O)c1ccc(CN2CCOC2=O)cc1)=P(c1ccccc1)(c1ccccc1)c1ccccc1. The molecule has 0 aliphatic carbocycles. The Morgan fingerprint density at radius 3 is 1.86 bits per heavy atom. The van der Waals surface area contributed by atoms with E-state index in [0.717, 1.165) is 26.5 Å². The molecule has 4 aromatic rings. The van der Waals surface area contributed by atoms with Crippen molar-refractivity contribution in [3.63, 3.8) is 0 Å². The molecule has 2 fully saturated rings. The van der Waals surface area contributed by atoms with Crippen LogP contribution < -0.4 is 15.9 Å². The summed E-state index contributed by atoms with van der Waals surface area (Å²) in [4.78, 5) is 63.2. The van der Waals surface area contributed by atoms with E-state index in [1.54, 1.807) is 23.1 Å². The van der Waals surface area contributed by atoms with Crippen LogP contribution in [0.15, 0.2) is 128 Å². The molecule has 0 radical (unpaired) electrons. The van der Waals surface area contributed by atoms with Gasteiger partial charge in [-0.3, -0.25) is 9.59 Å². The van der Waals surface area contributed by atoms with E-state index in [-0.39, 0.29) is 29.8 Å². The highest BCUT2D eigenvalue weighted by atomic mass is 31.2. The number of nitrogens with zero attached hydrogens (tertiary/aromatic N) is 2. The van der Waals surface area contributed by atoms with E-state index in [1.165, 1.54) is 0 Å². The summed E-state index contributed by atoms with van der Waals surface area (Å²) in [5.74, 6) is -1.97. The molecule has 3 atom stereocenters. The Morgan fingerprint density at radius 1 is 0.877 bits per heavy atom. The van der Waals surface area contributed by atoms with Crippen LogP contribution in [0.1, 0.15) is 56.5 Å². The molecule has 9 nitrogen and oxygen atoms in total. The number of carbonyl (C=O) groups is 4. The molecular weight excluding hydrogens is 752 g/mol. The first-order valence-corrected chi connectivity index (χ1v) is 24.2. The van der Waals surface area contributed by atoms with Gasteiger partial charge in [0.15, 0.2) is 14.1 Å². The average Bonchev–Trinajstić information content (AvgIpc) is 3.60. The maximum atomic E-state index is 15.0. The third-order valence-corrected chi connectivity index (χ3v) is 20.5. The van der Waals surface area contributed by atoms with Gasteiger partial charge in [-0.15, -0.1) is 6.58 Å². The van der Waals surface area contributed by atoms with Crippen molar-refractivity contribution < 1.29 is 33.2 Å². The Balaban J connectivity index is 1.39. The van der Waals surface area contributed by atoms with Gasteiger partial charge in [-0.1, -0.05) is 142 Å². The Kier molecular flexibility index (Phi) is 12.6. The molecule has 0 aromatic heterocycles. The number of hydrogen-bond acceptors (Lipinski definition) is 7. The normalized spacial score (nSPS) is 17.7. The monoisotopic (exact) mass is 804 g/mol. The molecule has 57 heavy (non-hydrogen) atoms. The summed E-state index contributed by atoms with van der Waals surface area (Å²) in [7, 11) is -2.33. The first kappa shape index (κ1) is 41.6. The lowest BCUT2D eigenvalue weighted by Gasteiger charge is -2.49. The number of amides is 2. The number of hydrogen-bond donors (Lipinski definition) is 0. The highest BCUT2D eigenvalue weighted by molar-refractivity contribution is 7.96. The van der Waals surface area contributed by atoms with Crippen LogP contribution in [-0.4, -0.2) is 72.6 Å². The van der Waals surface area contributed by atoms with Crippen LogP contribution in [0, 0.1) is 5.92 Å². The summed E-state index contributed by atoms with van der Waals surface area (Å²) >= 11 is 0. The van der Waals surface area contributed by atoms with Crippen LogP contribution in [-0.2, 0) is 30.1 Å². The molecule has 298 valence electrons. The Hall–Kier alpha value is -5.02. The van der Waals surface area contributed by atoms with Crippen LogP contribution >= 0.6 is 6.89 Å². The third-order valence-electron chi connectivity index (χ3n) is 11.5. The van der Waals surface area contributed by atoms with Crippen LogP contribution in [0.5, 0.6) is 0 Å². The lowest BCUT2D eigenvalue weighted by Crippen LogP contribution is -2.66. The Bertz CT molecular complexity index is 2050. The number of ether oxygens (including phenoxy) is 1. The Labute approximate surface area is 337 Å². The average molecular weight is 805 g/mol. The fourth-order valence-corrected chi connectivity index (χ4v) is 13.3. The van der Waals surface area contributed by atoms with E-state index in [9.17, 15) is 19.2 Å². The van der Waals surface area contributed by atoms with Gasteiger partial charge in [0.05, 0.1) is 29.9 Å². The molecule has 0 bridgehead atoms. The second-order valence-electron chi connectivity index (χ2n) is 16.2. The van der Waals surface area contributed by atoms with Crippen molar-refractivity contribution in [2.24, 2.45) is 5.92 Å². The molecular formula is C46H53N2O7PSi. The Morgan fingerprint density at radius 2 is 1.40 bits per heavy atom. The number of β-lactam (4-membered cyclic amide) rings is 1. The standard InChI is InChI=1S/C46H53N2O7PSi/c1-8-18-41(56(36-19-12-9-13-20-36,37-21-14-10-15-22-37)38-23-16-11-17-24-38)44(51)54-48-39(42(43(48)50)33(2)55-57(6,7)46(3,4)5)31-40(49)35-27-25-34(26-28-35)32-47-29-30-53-45(47)52/h8-17,19-28,33,39,42H,1,18,29-32H2,2-7H3/t33-,39-,42-/m1/s1. The maximum Gasteiger partial charge on any atom is 0.410 e. The van der Waals surface area contributed by atoms with Gasteiger partial charge < -0.3 is 18.9 Å². The van der Waals surface area contributed by atoms with Crippen LogP contribution in [0.4, 0.5) is 4.79 Å². The van der Waals surface area contributed by atoms with E-state index >= 15 is 0 Å². The second-order valence-corrected chi connectivity index (χ2v) is 24.4. The predicted molar refractivity (Wildman–Crippen MR) is 230 cm³/mol. The lowest BCUT2D eigenvalue weighted by atomic mass is 9.81. The molecule has 2 saturated heterocycles. The fraction of sp³-hybridized carbons (Fsp3) is 0.326. The van der Waals surface area contributed by atoms with Crippen molar-refractivity contribution in [3.8, 4) is 0 Å². The number of benzene rings is 4. The number of hydroxylamine groups is 2. The van der Waals surface area contributed by atoms with Crippen LogP contribution in [0.25, 0.3) is 0 Å². The van der Waals surface area contributed by atoms with Gasteiger partial charge in [-0.2, -0.15) is 5.06 Å². The maximum absolute atomic E-state index is 15.0. The summed E-state index contributed by atoms with van der Waals surface area (Å²) in [5.41, 5.74) is 1.31. The van der Waals surface area contributed by atoms with E-state index < -0.39 is 45.1 Å². The first-order chi connectivity index (χ1) is 27.2. The van der Waals surface area contributed by atoms with Gasteiger partial charge in [-0.25, -0.2) is 9.59 Å². The summed E-state index contributed by atoms with van der Waals surface area (Å²) in [6, 6.07) is 36.2. The topological polar surface area (TPSA) is 102 Å². The van der Waals surface area contributed by atoms with Crippen molar-refractivity contribution in [2.75, 3.05) is 13.2 Å². The molecule has 6 rings (SSSR count). The molecule has 2 aliphatic rings. The zero-order chi connectivity index (χ0) is 41.0. The number of Topliss-reactive ketones (excluding diaryl/α,β-unsaturated/α-hetero) is 1. The quantitative estimate of drug-likeness (QED) is 0.0400. The molecule has 0 unspecified atom stereocenters. The van der Waals surface area contributed by atoms with Gasteiger partial charge in [0.25, 0.3) is 5.91 Å². The van der Waals surface area contributed by atoms with Crippen molar-refractivity contribution in [3.05, 3.63) is 139 Å². The van der Waals surface area contributed by atoms with Gasteiger partial charge in [0.2, 0.25) is 0 Å². The molecule has 2 heterocycles. The van der Waals surface area contributed by atoms with Crippen LogP contribution in [0.3, 0.4) is 0 Å². The molecule has 0 spiro atoms.